The molecule has 10 nitrogen and oxygen atoms in total. The van der Waals surface area contributed by atoms with E-state index in [1.54, 1.807) is 13.2 Å². The molecule has 0 radical (unpaired) electrons. The number of hydrogen-bond acceptors (Lipinski definition) is 9. The first-order valence-electron chi connectivity index (χ1n) is 20.9. The van der Waals surface area contributed by atoms with Crippen LogP contribution in [0.15, 0.2) is 106 Å². The van der Waals surface area contributed by atoms with Crippen LogP contribution in [0.2, 0.25) is 0 Å². The number of carbonyl (C=O) groups excluding carboxylic acids is 2. The normalized spacial score (nSPS) is 23.9. The second kappa shape index (κ2) is 13.6. The molecule has 10 rings (SSSR count). The molecule has 308 valence electrons. The van der Waals surface area contributed by atoms with E-state index in [0.29, 0.717) is 39.4 Å². The zero-order valence-electron chi connectivity index (χ0n) is 35.5. The van der Waals surface area contributed by atoms with E-state index >= 15 is 0 Å². The lowest BCUT2D eigenvalue weighted by Crippen LogP contribution is -2.95. The highest BCUT2D eigenvalue weighted by Gasteiger charge is 2.41. The Hall–Kier alpha value is -6.33. The first kappa shape index (κ1) is 38.8. The fraction of sp³-hybridized carbons (Fsp3) is 0.280. The molecule has 2 atom stereocenters. The maximum atomic E-state index is 14.6. The predicted molar refractivity (Wildman–Crippen MR) is 236 cm³/mol. The van der Waals surface area contributed by atoms with E-state index in [1.807, 2.05) is 91.7 Å². The van der Waals surface area contributed by atoms with Crippen molar-refractivity contribution < 1.29 is 34.5 Å². The van der Waals surface area contributed by atoms with Crippen LogP contribution < -0.4 is 61.6 Å². The third kappa shape index (κ3) is 5.91. The summed E-state index contributed by atoms with van der Waals surface area (Å²) in [7, 11) is 3.54. The smallest absolute Gasteiger partial charge is 0.231 e. The molecule has 0 spiro atoms. The van der Waals surface area contributed by atoms with Crippen molar-refractivity contribution in [3.8, 4) is 5.75 Å². The Labute approximate surface area is 357 Å². The van der Waals surface area contributed by atoms with Crippen molar-refractivity contribution in [1.82, 2.24) is 0 Å². The minimum atomic E-state index is -0.749. The van der Waals surface area contributed by atoms with Crippen molar-refractivity contribution in [3.05, 3.63) is 128 Å². The molecule has 3 aliphatic heterocycles. The lowest BCUT2D eigenvalue weighted by atomic mass is 9.79. The average Bonchev–Trinajstić information content (AvgIpc) is 3.52. The van der Waals surface area contributed by atoms with Crippen molar-refractivity contribution in [2.24, 2.45) is 11.8 Å². The quantitative estimate of drug-likeness (QED) is 0.193. The Morgan fingerprint density at radius 2 is 1.39 bits per heavy atom. The Kier molecular flexibility index (Phi) is 8.65. The van der Waals surface area contributed by atoms with Gasteiger partial charge in [-0.15, -0.1) is 0 Å². The van der Waals surface area contributed by atoms with Crippen LogP contribution in [0, 0.1) is 11.8 Å². The van der Waals surface area contributed by atoms with Gasteiger partial charge >= 0.3 is 0 Å². The van der Waals surface area contributed by atoms with Crippen LogP contribution in [0.5, 0.6) is 5.75 Å². The van der Waals surface area contributed by atoms with Gasteiger partial charge in [0.05, 0.1) is 50.4 Å². The van der Waals surface area contributed by atoms with Gasteiger partial charge in [-0.05, 0) is 65.1 Å². The third-order valence-electron chi connectivity index (χ3n) is 12.5. The summed E-state index contributed by atoms with van der Waals surface area (Å²) in [4.78, 5) is 39.0. The van der Waals surface area contributed by atoms with Crippen molar-refractivity contribution in [3.63, 3.8) is 0 Å². The first-order valence-corrected chi connectivity index (χ1v) is 21.7. The highest BCUT2D eigenvalue weighted by atomic mass is 32.2. The second-order valence-corrected chi connectivity index (χ2v) is 19.2. The molecule has 0 amide bonds. The molecule has 2 unspecified atom stereocenters. The minimum absolute atomic E-state index is 0.112. The minimum Gasteiger partial charge on any atom is -0.871 e. The Morgan fingerprint density at radius 1 is 0.770 bits per heavy atom. The van der Waals surface area contributed by atoms with Crippen molar-refractivity contribution in [2.75, 3.05) is 29.7 Å². The molecule has 3 heterocycles. The Balaban J connectivity index is 1.16. The largest absolute Gasteiger partial charge is 0.871 e. The lowest BCUT2D eigenvalue weighted by Gasteiger charge is -2.35. The van der Waals surface area contributed by atoms with Gasteiger partial charge in [0.25, 0.3) is 0 Å². The number of nitrogens with one attached hydrogen (secondary N) is 4. The number of ether oxygens (including phenoxy) is 1. The number of anilines is 3. The van der Waals surface area contributed by atoms with E-state index in [-0.39, 0.29) is 51.3 Å². The molecule has 0 fully saturated rings. The van der Waals surface area contributed by atoms with Gasteiger partial charge in [0.1, 0.15) is 5.75 Å². The van der Waals surface area contributed by atoms with E-state index in [9.17, 15) is 19.8 Å². The average molecular weight is 830 g/mol. The zero-order valence-corrected chi connectivity index (χ0v) is 36.3. The number of thioether (sulfide) groups is 1. The summed E-state index contributed by atoms with van der Waals surface area (Å²) in [6.07, 6.45) is 3.16. The molecule has 4 N–H and O–H groups in total. The summed E-state index contributed by atoms with van der Waals surface area (Å²) < 4.78 is 5.41. The van der Waals surface area contributed by atoms with Crippen molar-refractivity contribution >= 4 is 78.7 Å². The maximum absolute atomic E-state index is 14.6. The van der Waals surface area contributed by atoms with Gasteiger partial charge in [0.2, 0.25) is 22.0 Å². The Bertz CT molecular complexity index is 3240. The standard InChI is InChI=1S/C50H47N5O5S/c1-24(2)22-49(5)51-33-11-9-10-26-12-16-30(42(52-49)37(26)33)40-47(58)41(48(40)59)31-18-14-27-13-17-29(43-38(27)44(31)54-50(6,53-43)23-25(3)4)39-45(56)32(46(39)57)21-36-55(7)34-19-15-28(60-8)20-35(34)61-36/h9-21,24-25,51,54,56,58H,22-23H2,1-8H3/b36-21-,39-29-,40-30-. The van der Waals surface area contributed by atoms with Crippen LogP contribution >= 0.6 is 11.8 Å². The first-order chi connectivity index (χ1) is 29.1. The summed E-state index contributed by atoms with van der Waals surface area (Å²) in [6, 6.07) is 23.2. The molecule has 0 aromatic heterocycles. The van der Waals surface area contributed by atoms with E-state index in [4.69, 9.17) is 4.74 Å². The number of rotatable bonds is 7. The monoisotopic (exact) mass is 829 g/mol. The van der Waals surface area contributed by atoms with Gasteiger partial charge in [0, 0.05) is 66.5 Å². The molecule has 2 aliphatic carbocycles. The molecular formula is C50H47N5O5S. The van der Waals surface area contributed by atoms with Crippen LogP contribution in [-0.2, 0) is 9.59 Å². The fourth-order valence-corrected chi connectivity index (χ4v) is 11.3. The molecule has 5 aromatic rings. The summed E-state index contributed by atoms with van der Waals surface area (Å²) in [6.45, 7) is 12.7. The van der Waals surface area contributed by atoms with Crippen LogP contribution in [0.25, 0.3) is 38.3 Å². The van der Waals surface area contributed by atoms with E-state index in [1.165, 1.54) is 11.8 Å². The van der Waals surface area contributed by atoms with Crippen molar-refractivity contribution in [2.45, 2.75) is 70.6 Å². The van der Waals surface area contributed by atoms with Gasteiger partial charge < -0.3 is 30.5 Å². The lowest BCUT2D eigenvalue weighted by molar-refractivity contribution is -0.581. The van der Waals surface area contributed by atoms with Crippen LogP contribution in [-0.4, -0.2) is 37.0 Å². The van der Waals surface area contributed by atoms with Gasteiger partial charge in [-0.2, -0.15) is 0 Å². The number of Topliss-reactive ketones (excluding diaryl/α,β-unsaturated/α-hetero) is 2. The molecule has 11 heteroatoms. The fourth-order valence-electron chi connectivity index (χ4n) is 10.1. The van der Waals surface area contributed by atoms with Gasteiger partial charge in [-0.1, -0.05) is 87.4 Å². The SMILES string of the molecule is COc1ccc2c(c1)S/C(=C\C1=C([O-])C(=c3\ccc4ccc(C5=C([O-])/C(=c6\ccc7cccc8c7c6=[NH+]C(C)(CC(C)C)N8)C5=O)c5c4c3=[NH+]C(C)(CC(C)C)N5)/C1=O)N2C. The molecular weight excluding hydrogens is 783 g/mol. The van der Waals surface area contributed by atoms with Crippen LogP contribution in [0.4, 0.5) is 17.1 Å². The summed E-state index contributed by atoms with van der Waals surface area (Å²) in [5.74, 6) is 0.0785. The van der Waals surface area contributed by atoms with E-state index in [2.05, 4.69) is 55.2 Å². The number of fused-ring (bicyclic) bond motifs is 1. The van der Waals surface area contributed by atoms with E-state index in [0.717, 1.165) is 60.4 Å². The van der Waals surface area contributed by atoms with Crippen LogP contribution in [0.3, 0.4) is 0 Å². The summed E-state index contributed by atoms with van der Waals surface area (Å²) in [5.41, 5.74) is 2.33. The molecule has 0 saturated carbocycles. The number of benzene rings is 5. The molecule has 5 aliphatic rings. The van der Waals surface area contributed by atoms with Crippen molar-refractivity contribution in [1.29, 1.82) is 0 Å². The number of ketones is 2. The maximum Gasteiger partial charge on any atom is 0.231 e. The van der Waals surface area contributed by atoms with E-state index < -0.39 is 11.3 Å². The zero-order chi connectivity index (χ0) is 42.9. The number of carbonyl (C=O) groups is 2. The Morgan fingerprint density at radius 3 is 2.03 bits per heavy atom. The predicted octanol–water partition coefficient (Wildman–Crippen LogP) is 1.71. The molecule has 0 bridgehead atoms. The van der Waals surface area contributed by atoms with Crippen LogP contribution in [0.1, 0.15) is 59.9 Å². The number of nitrogens with zero attached hydrogens (tertiary/aromatic N) is 1. The highest BCUT2D eigenvalue weighted by Crippen LogP contribution is 2.48. The summed E-state index contributed by atoms with van der Waals surface area (Å²) >= 11 is 1.48. The second-order valence-electron chi connectivity index (χ2n) is 18.2. The highest BCUT2D eigenvalue weighted by molar-refractivity contribution is 8.03. The third-order valence-corrected chi connectivity index (χ3v) is 13.6. The van der Waals surface area contributed by atoms with Gasteiger partial charge in [0.15, 0.2) is 11.6 Å². The topological polar surface area (TPSA) is 145 Å². The number of allylic oxidation sites excluding steroid dienone is 5. The molecule has 0 saturated heterocycles. The number of hydrogen-bond donors (Lipinski definition) is 4. The van der Waals surface area contributed by atoms with Gasteiger partial charge in [-0.25, -0.2) is 9.98 Å². The molecule has 61 heavy (non-hydrogen) atoms. The number of methoxy groups -OCH3 is 1. The van der Waals surface area contributed by atoms with Gasteiger partial charge in [-0.3, -0.25) is 9.59 Å². The summed E-state index contributed by atoms with van der Waals surface area (Å²) in [5, 5.41) is 42.9. The molecule has 5 aromatic carbocycles.